The molecule has 0 unspecified atom stereocenters. The Bertz CT molecular complexity index is 506. The third kappa shape index (κ3) is 2.67. The summed E-state index contributed by atoms with van der Waals surface area (Å²) in [7, 11) is 0. The summed E-state index contributed by atoms with van der Waals surface area (Å²) in [5.74, 6) is 0.858. The molecule has 3 heteroatoms. The highest BCUT2D eigenvalue weighted by Gasteiger charge is 2.08. The van der Waals surface area contributed by atoms with Gasteiger partial charge in [-0.05, 0) is 43.5 Å². The second kappa shape index (κ2) is 5.04. The minimum atomic E-state index is 0.852. The second-order valence-electron chi connectivity index (χ2n) is 4.18. The number of hydrogen-bond acceptors (Lipinski definition) is 3. The van der Waals surface area contributed by atoms with Crippen LogP contribution in [0.1, 0.15) is 35.3 Å². The van der Waals surface area contributed by atoms with Crippen molar-refractivity contribution in [3.8, 4) is 0 Å². The lowest BCUT2D eigenvalue weighted by molar-refractivity contribution is 0.878. The van der Waals surface area contributed by atoms with Crippen LogP contribution in [0.3, 0.4) is 0 Å². The van der Waals surface area contributed by atoms with Crippen LogP contribution < -0.4 is 0 Å². The van der Waals surface area contributed by atoms with Gasteiger partial charge in [-0.25, -0.2) is 9.97 Å². The fourth-order valence-electron chi connectivity index (χ4n) is 1.96. The molecule has 0 aromatic carbocycles. The SMILES string of the molecule is CCc1nc(C)nc(Cc2ccncc2)c1C. The Hall–Kier alpha value is -1.77. The van der Waals surface area contributed by atoms with Crippen LogP contribution in [0.15, 0.2) is 24.5 Å². The van der Waals surface area contributed by atoms with Gasteiger partial charge in [-0.3, -0.25) is 4.98 Å². The molecule has 2 heterocycles. The van der Waals surface area contributed by atoms with E-state index in [9.17, 15) is 0 Å². The maximum Gasteiger partial charge on any atom is 0.125 e. The van der Waals surface area contributed by atoms with Crippen molar-refractivity contribution in [1.29, 1.82) is 0 Å². The normalized spacial score (nSPS) is 10.5. The van der Waals surface area contributed by atoms with Crippen LogP contribution in [-0.2, 0) is 12.8 Å². The summed E-state index contributed by atoms with van der Waals surface area (Å²) >= 11 is 0. The molecule has 17 heavy (non-hydrogen) atoms. The molecule has 2 aromatic heterocycles. The third-order valence-corrected chi connectivity index (χ3v) is 2.92. The van der Waals surface area contributed by atoms with Gasteiger partial charge in [0.2, 0.25) is 0 Å². The Kier molecular flexibility index (Phi) is 3.47. The van der Waals surface area contributed by atoms with Crippen LogP contribution in [0, 0.1) is 13.8 Å². The number of hydrogen-bond donors (Lipinski definition) is 0. The van der Waals surface area contributed by atoms with Crippen molar-refractivity contribution in [2.75, 3.05) is 0 Å². The maximum atomic E-state index is 4.55. The highest BCUT2D eigenvalue weighted by atomic mass is 14.9. The van der Waals surface area contributed by atoms with Gasteiger partial charge in [-0.1, -0.05) is 6.92 Å². The molecule has 0 aliphatic carbocycles. The van der Waals surface area contributed by atoms with Gasteiger partial charge in [0, 0.05) is 24.5 Å². The third-order valence-electron chi connectivity index (χ3n) is 2.92. The predicted octanol–water partition coefficient (Wildman–Crippen LogP) is 2.64. The average molecular weight is 227 g/mol. The number of rotatable bonds is 3. The van der Waals surface area contributed by atoms with Gasteiger partial charge in [-0.15, -0.1) is 0 Å². The quantitative estimate of drug-likeness (QED) is 0.809. The molecule has 0 aliphatic rings. The molecule has 88 valence electrons. The summed E-state index contributed by atoms with van der Waals surface area (Å²) < 4.78 is 0. The highest BCUT2D eigenvalue weighted by molar-refractivity contribution is 5.29. The van der Waals surface area contributed by atoms with E-state index in [1.165, 1.54) is 11.1 Å². The van der Waals surface area contributed by atoms with Gasteiger partial charge in [-0.2, -0.15) is 0 Å². The van der Waals surface area contributed by atoms with E-state index in [4.69, 9.17) is 0 Å². The van der Waals surface area contributed by atoms with Crippen molar-refractivity contribution in [2.24, 2.45) is 0 Å². The lowest BCUT2D eigenvalue weighted by Gasteiger charge is -2.10. The summed E-state index contributed by atoms with van der Waals surface area (Å²) in [6.45, 7) is 6.19. The lowest BCUT2D eigenvalue weighted by atomic mass is 10.0. The van der Waals surface area contributed by atoms with Crippen LogP contribution in [-0.4, -0.2) is 15.0 Å². The molecule has 0 aliphatic heterocycles. The van der Waals surface area contributed by atoms with Crippen LogP contribution in [0.5, 0.6) is 0 Å². The van der Waals surface area contributed by atoms with Crippen molar-refractivity contribution < 1.29 is 0 Å². The topological polar surface area (TPSA) is 38.7 Å². The van der Waals surface area contributed by atoms with E-state index in [0.717, 1.165) is 30.1 Å². The van der Waals surface area contributed by atoms with Crippen LogP contribution in [0.4, 0.5) is 0 Å². The van der Waals surface area contributed by atoms with Crippen LogP contribution in [0.25, 0.3) is 0 Å². The summed E-state index contributed by atoms with van der Waals surface area (Å²) in [6.07, 6.45) is 5.45. The van der Waals surface area contributed by atoms with Gasteiger partial charge in [0.1, 0.15) is 5.82 Å². The standard InChI is InChI=1S/C14H17N3/c1-4-13-10(2)14(17-11(3)16-13)9-12-5-7-15-8-6-12/h5-8H,4,9H2,1-3H3. The Balaban J connectivity index is 2.36. The second-order valence-corrected chi connectivity index (χ2v) is 4.18. The maximum absolute atomic E-state index is 4.55. The van der Waals surface area contributed by atoms with Gasteiger partial charge in [0.15, 0.2) is 0 Å². The zero-order valence-corrected chi connectivity index (χ0v) is 10.6. The fourth-order valence-corrected chi connectivity index (χ4v) is 1.96. The lowest BCUT2D eigenvalue weighted by Crippen LogP contribution is -2.05. The molecule has 0 radical (unpaired) electrons. The molecule has 0 amide bonds. The van der Waals surface area contributed by atoms with E-state index < -0.39 is 0 Å². The molecule has 0 saturated heterocycles. The summed E-state index contributed by atoms with van der Waals surface area (Å²) in [5, 5.41) is 0. The van der Waals surface area contributed by atoms with E-state index in [1.54, 1.807) is 0 Å². The van der Waals surface area contributed by atoms with Crippen molar-refractivity contribution in [2.45, 2.75) is 33.6 Å². The van der Waals surface area contributed by atoms with E-state index in [-0.39, 0.29) is 0 Å². The Morgan fingerprint density at radius 1 is 1.00 bits per heavy atom. The minimum absolute atomic E-state index is 0.852. The Morgan fingerprint density at radius 3 is 2.29 bits per heavy atom. The molecular weight excluding hydrogens is 210 g/mol. The first-order valence-corrected chi connectivity index (χ1v) is 5.92. The van der Waals surface area contributed by atoms with Crippen molar-refractivity contribution in [3.63, 3.8) is 0 Å². The first kappa shape index (κ1) is 11.7. The molecular formula is C14H17N3. The first-order chi connectivity index (χ1) is 8.20. The molecule has 0 saturated carbocycles. The fraction of sp³-hybridized carbons (Fsp3) is 0.357. The molecule has 0 atom stereocenters. The molecule has 0 bridgehead atoms. The Labute approximate surface area is 102 Å². The highest BCUT2D eigenvalue weighted by Crippen LogP contribution is 2.14. The van der Waals surface area contributed by atoms with E-state index in [1.807, 2.05) is 31.5 Å². The summed E-state index contributed by atoms with van der Waals surface area (Å²) in [5.41, 5.74) is 4.74. The smallest absolute Gasteiger partial charge is 0.125 e. The molecule has 3 nitrogen and oxygen atoms in total. The Morgan fingerprint density at radius 2 is 1.65 bits per heavy atom. The monoisotopic (exact) mass is 227 g/mol. The van der Waals surface area contributed by atoms with Crippen LogP contribution in [0.2, 0.25) is 0 Å². The zero-order valence-electron chi connectivity index (χ0n) is 10.6. The molecule has 2 rings (SSSR count). The van der Waals surface area contributed by atoms with Crippen molar-refractivity contribution >= 4 is 0 Å². The first-order valence-electron chi connectivity index (χ1n) is 5.92. The predicted molar refractivity (Wildman–Crippen MR) is 67.9 cm³/mol. The average Bonchev–Trinajstić information content (AvgIpc) is 2.34. The number of aryl methyl sites for hydroxylation is 2. The summed E-state index contributed by atoms with van der Waals surface area (Å²) in [4.78, 5) is 13.0. The molecule has 0 fully saturated rings. The van der Waals surface area contributed by atoms with E-state index in [0.29, 0.717) is 0 Å². The van der Waals surface area contributed by atoms with Gasteiger partial charge < -0.3 is 0 Å². The van der Waals surface area contributed by atoms with E-state index >= 15 is 0 Å². The van der Waals surface area contributed by atoms with Gasteiger partial charge in [0.05, 0.1) is 5.69 Å². The van der Waals surface area contributed by atoms with Crippen molar-refractivity contribution in [1.82, 2.24) is 15.0 Å². The molecule has 0 N–H and O–H groups in total. The van der Waals surface area contributed by atoms with Gasteiger partial charge in [0.25, 0.3) is 0 Å². The number of aromatic nitrogens is 3. The summed E-state index contributed by atoms with van der Waals surface area (Å²) in [6, 6.07) is 4.06. The van der Waals surface area contributed by atoms with Gasteiger partial charge >= 0.3 is 0 Å². The van der Waals surface area contributed by atoms with Crippen LogP contribution >= 0.6 is 0 Å². The minimum Gasteiger partial charge on any atom is -0.265 e. The number of pyridine rings is 1. The molecule has 2 aromatic rings. The molecule has 0 spiro atoms. The number of nitrogens with zero attached hydrogens (tertiary/aromatic N) is 3. The zero-order chi connectivity index (χ0) is 12.3. The van der Waals surface area contributed by atoms with E-state index in [2.05, 4.69) is 28.8 Å². The largest absolute Gasteiger partial charge is 0.265 e. The van der Waals surface area contributed by atoms with Crippen molar-refractivity contribution in [3.05, 3.63) is 52.9 Å².